The van der Waals surface area contributed by atoms with Crippen LogP contribution in [-0.4, -0.2) is 30.6 Å². The molecule has 1 amide bonds. The molecule has 9 heteroatoms. The van der Waals surface area contributed by atoms with E-state index in [2.05, 4.69) is 46.6 Å². The summed E-state index contributed by atoms with van der Waals surface area (Å²) in [5.74, 6) is 0.437. The Labute approximate surface area is 175 Å². The molecule has 0 bridgehead atoms. The number of fused-ring (bicyclic) bond motifs is 1. The largest absolute Gasteiger partial charge is 0.362 e. The van der Waals surface area contributed by atoms with Crippen LogP contribution < -0.4 is 10.6 Å². The molecule has 0 fully saturated rings. The van der Waals surface area contributed by atoms with E-state index >= 15 is 0 Å². The number of nitrogens with one attached hydrogen (secondary N) is 2. The van der Waals surface area contributed by atoms with Crippen LogP contribution in [0.2, 0.25) is 0 Å². The predicted octanol–water partition coefficient (Wildman–Crippen LogP) is 3.95. The summed E-state index contributed by atoms with van der Waals surface area (Å²) in [5.41, 5.74) is 3.65. The first-order chi connectivity index (χ1) is 14.0. The van der Waals surface area contributed by atoms with Crippen LogP contribution in [0.15, 0.2) is 59.6 Å². The van der Waals surface area contributed by atoms with Gasteiger partial charge < -0.3 is 10.6 Å². The van der Waals surface area contributed by atoms with Gasteiger partial charge >= 0.3 is 0 Å². The van der Waals surface area contributed by atoms with Gasteiger partial charge in [0.25, 0.3) is 5.91 Å². The Bertz CT molecular complexity index is 1190. The van der Waals surface area contributed by atoms with E-state index in [9.17, 15) is 4.79 Å². The van der Waals surface area contributed by atoms with Gasteiger partial charge in [0.15, 0.2) is 5.65 Å². The molecule has 4 rings (SSSR count). The number of carbonyl (C=O) groups excluding carboxylic acids is 1. The Balaban J connectivity index is 1.49. The van der Waals surface area contributed by atoms with Crippen LogP contribution in [0.3, 0.4) is 0 Å². The van der Waals surface area contributed by atoms with Crippen LogP contribution in [-0.2, 0) is 7.05 Å². The van der Waals surface area contributed by atoms with E-state index in [0.717, 1.165) is 15.6 Å². The molecule has 0 saturated carbocycles. The molecule has 3 aromatic heterocycles. The molecule has 2 N–H and O–H groups in total. The number of amides is 1. The predicted molar refractivity (Wildman–Crippen MR) is 115 cm³/mol. The minimum absolute atomic E-state index is 0.0423. The lowest BCUT2D eigenvalue weighted by atomic mass is 10.1. The maximum atomic E-state index is 12.5. The van der Waals surface area contributed by atoms with Gasteiger partial charge in [-0.05, 0) is 46.6 Å². The summed E-state index contributed by atoms with van der Waals surface area (Å²) in [6.45, 7) is 2.02. The van der Waals surface area contributed by atoms with Crippen molar-refractivity contribution < 1.29 is 4.79 Å². The maximum absolute atomic E-state index is 12.5. The second-order valence-corrected chi connectivity index (χ2v) is 7.49. The Morgan fingerprint density at radius 1 is 1.17 bits per heavy atom. The van der Waals surface area contributed by atoms with Gasteiger partial charge in [-0.15, -0.1) is 0 Å². The fourth-order valence-corrected chi connectivity index (χ4v) is 3.28. The van der Waals surface area contributed by atoms with Gasteiger partial charge in [-0.3, -0.25) is 9.78 Å². The Kier molecular flexibility index (Phi) is 5.22. The number of pyridine rings is 1. The third-order valence-electron chi connectivity index (χ3n) is 4.42. The number of aromatic nitrogens is 5. The Morgan fingerprint density at radius 2 is 2.03 bits per heavy atom. The van der Waals surface area contributed by atoms with Crippen LogP contribution in [0.4, 0.5) is 11.5 Å². The second-order valence-electron chi connectivity index (χ2n) is 6.57. The molecule has 0 aliphatic carbocycles. The number of anilines is 2. The average molecular weight is 452 g/mol. The first-order valence-corrected chi connectivity index (χ1v) is 9.72. The summed E-state index contributed by atoms with van der Waals surface area (Å²) >= 11 is 3.33. The zero-order chi connectivity index (χ0) is 20.4. The van der Waals surface area contributed by atoms with Gasteiger partial charge in [0, 0.05) is 29.6 Å². The quantitative estimate of drug-likeness (QED) is 0.476. The summed E-state index contributed by atoms with van der Waals surface area (Å²) in [5, 5.41) is 10.4. The van der Waals surface area contributed by atoms with Crippen LogP contribution in [0.5, 0.6) is 0 Å². The molecule has 0 spiro atoms. The summed E-state index contributed by atoms with van der Waals surface area (Å²) in [4.78, 5) is 25.4. The lowest BCUT2D eigenvalue weighted by Gasteiger charge is -2.16. The van der Waals surface area contributed by atoms with E-state index in [-0.39, 0.29) is 11.9 Å². The zero-order valence-corrected chi connectivity index (χ0v) is 17.4. The number of benzene rings is 1. The van der Waals surface area contributed by atoms with Crippen molar-refractivity contribution in [3.05, 3.63) is 70.7 Å². The molecule has 4 aromatic rings. The zero-order valence-electron chi connectivity index (χ0n) is 15.8. The lowest BCUT2D eigenvalue weighted by Crippen LogP contribution is -2.13. The maximum Gasteiger partial charge on any atom is 0.257 e. The summed E-state index contributed by atoms with van der Waals surface area (Å²) in [7, 11) is 1.83. The standard InChI is InChI=1S/C20H18BrN7O/c1-12(25-18-11-23-17-10-24-28(2)19(17)27-18)13-4-3-5-16(7-13)26-20(29)14-6-15(21)9-22-8-14/h3-12H,1-2H3,(H,25,27)(H,26,29). The molecule has 29 heavy (non-hydrogen) atoms. The molecule has 3 heterocycles. The summed E-state index contributed by atoms with van der Waals surface area (Å²) in [6.07, 6.45) is 6.53. The molecule has 1 unspecified atom stereocenters. The molecule has 0 aliphatic heterocycles. The van der Waals surface area contributed by atoms with Gasteiger partial charge in [0.2, 0.25) is 0 Å². The fourth-order valence-electron chi connectivity index (χ4n) is 2.91. The van der Waals surface area contributed by atoms with Gasteiger partial charge in [-0.25, -0.2) is 14.6 Å². The van der Waals surface area contributed by atoms with E-state index in [1.54, 1.807) is 29.3 Å². The molecule has 0 saturated heterocycles. The van der Waals surface area contributed by atoms with Crippen LogP contribution in [0, 0.1) is 0 Å². The van der Waals surface area contributed by atoms with Gasteiger partial charge in [0.1, 0.15) is 11.3 Å². The minimum atomic E-state index is -0.218. The number of nitrogens with zero attached hydrogens (tertiary/aromatic N) is 5. The van der Waals surface area contributed by atoms with Crippen molar-refractivity contribution in [2.45, 2.75) is 13.0 Å². The molecule has 1 aromatic carbocycles. The van der Waals surface area contributed by atoms with E-state index in [1.165, 1.54) is 6.20 Å². The number of halogens is 1. The van der Waals surface area contributed by atoms with Crippen LogP contribution in [0.1, 0.15) is 28.9 Å². The van der Waals surface area contributed by atoms with Crippen molar-refractivity contribution in [2.24, 2.45) is 7.05 Å². The van der Waals surface area contributed by atoms with E-state index in [4.69, 9.17) is 0 Å². The molecule has 0 radical (unpaired) electrons. The minimum Gasteiger partial charge on any atom is -0.362 e. The summed E-state index contributed by atoms with van der Waals surface area (Å²) in [6, 6.07) is 9.35. The van der Waals surface area contributed by atoms with Crippen molar-refractivity contribution in [3.8, 4) is 0 Å². The number of aryl methyl sites for hydroxylation is 1. The van der Waals surface area contributed by atoms with E-state index in [1.807, 2.05) is 38.2 Å². The third-order valence-corrected chi connectivity index (χ3v) is 4.85. The molecule has 1 atom stereocenters. The first-order valence-electron chi connectivity index (χ1n) is 8.93. The normalized spacial score (nSPS) is 12.0. The number of hydrogen-bond donors (Lipinski definition) is 2. The smallest absolute Gasteiger partial charge is 0.257 e. The number of hydrogen-bond acceptors (Lipinski definition) is 6. The Morgan fingerprint density at radius 3 is 2.86 bits per heavy atom. The molecule has 8 nitrogen and oxygen atoms in total. The number of rotatable bonds is 5. The molecule has 146 valence electrons. The third kappa shape index (κ3) is 4.24. The van der Waals surface area contributed by atoms with Crippen molar-refractivity contribution in [1.82, 2.24) is 24.7 Å². The molecular formula is C20H18BrN7O. The molecular weight excluding hydrogens is 434 g/mol. The lowest BCUT2D eigenvalue weighted by molar-refractivity contribution is 0.102. The van der Waals surface area contributed by atoms with Crippen molar-refractivity contribution in [2.75, 3.05) is 10.6 Å². The average Bonchev–Trinajstić information content (AvgIpc) is 3.08. The first kappa shape index (κ1) is 19.0. The summed E-state index contributed by atoms with van der Waals surface area (Å²) < 4.78 is 2.44. The molecule has 0 aliphatic rings. The van der Waals surface area contributed by atoms with Gasteiger partial charge in [-0.2, -0.15) is 5.10 Å². The topological polar surface area (TPSA) is 97.6 Å². The van der Waals surface area contributed by atoms with E-state index < -0.39 is 0 Å². The monoisotopic (exact) mass is 451 g/mol. The highest BCUT2D eigenvalue weighted by Gasteiger charge is 2.11. The highest BCUT2D eigenvalue weighted by molar-refractivity contribution is 9.10. The highest BCUT2D eigenvalue weighted by atomic mass is 79.9. The van der Waals surface area contributed by atoms with Gasteiger partial charge in [-0.1, -0.05) is 12.1 Å². The fraction of sp³-hybridized carbons (Fsp3) is 0.150. The van der Waals surface area contributed by atoms with Gasteiger partial charge in [0.05, 0.1) is 24.0 Å². The Hall–Kier alpha value is -3.33. The highest BCUT2D eigenvalue weighted by Crippen LogP contribution is 2.22. The van der Waals surface area contributed by atoms with Crippen molar-refractivity contribution >= 4 is 44.5 Å². The number of carbonyl (C=O) groups is 1. The SMILES string of the molecule is CC(Nc1cnc2cnn(C)c2n1)c1cccc(NC(=O)c2cncc(Br)c2)c1. The van der Waals surface area contributed by atoms with Crippen LogP contribution in [0.25, 0.3) is 11.2 Å². The van der Waals surface area contributed by atoms with Crippen molar-refractivity contribution in [3.63, 3.8) is 0 Å². The van der Waals surface area contributed by atoms with E-state index in [0.29, 0.717) is 22.7 Å². The second kappa shape index (κ2) is 7.96. The van der Waals surface area contributed by atoms with Crippen LogP contribution >= 0.6 is 15.9 Å². The van der Waals surface area contributed by atoms with Crippen molar-refractivity contribution in [1.29, 1.82) is 0 Å².